The van der Waals surface area contributed by atoms with E-state index in [4.69, 9.17) is 9.47 Å². The molecule has 2 saturated carbocycles. The molecule has 0 unspecified atom stereocenters. The monoisotopic (exact) mass is 468 g/mol. The normalized spacial score (nSPS) is 38.0. The number of aliphatic hydroxyl groups is 1. The molecule has 1 heterocycles. The zero-order chi connectivity index (χ0) is 23.5. The SMILES string of the molecule is CCS[C@H]1C[C@@H]2CC[C@H](C)[C@H](CC[C@H]3C[C@@H](O)CC(=O)O3)[C@H]2[C@@H](OC(=O)C(C)(C)CC)C1. The Kier molecular flexibility index (Phi) is 8.99. The number of ether oxygens (including phenoxy) is 2. The number of thioether (sulfide) groups is 1. The zero-order valence-electron chi connectivity index (χ0n) is 20.7. The Balaban J connectivity index is 1.75. The number of carbonyl (C=O) groups excluding carboxylic acids is 2. The van der Waals surface area contributed by atoms with Gasteiger partial charge in [0.2, 0.25) is 0 Å². The van der Waals surface area contributed by atoms with Gasteiger partial charge in [0.05, 0.1) is 17.9 Å². The van der Waals surface area contributed by atoms with E-state index in [0.29, 0.717) is 35.3 Å². The lowest BCUT2D eigenvalue weighted by atomic mass is 9.59. The molecule has 0 aromatic heterocycles. The van der Waals surface area contributed by atoms with Crippen LogP contribution in [0.3, 0.4) is 0 Å². The third kappa shape index (κ3) is 6.22. The summed E-state index contributed by atoms with van der Waals surface area (Å²) in [5.41, 5.74) is -0.456. The van der Waals surface area contributed by atoms with Crippen LogP contribution in [0.4, 0.5) is 0 Å². The highest BCUT2D eigenvalue weighted by molar-refractivity contribution is 7.99. The van der Waals surface area contributed by atoms with E-state index in [1.807, 2.05) is 32.5 Å². The second kappa shape index (κ2) is 11.1. The minimum atomic E-state index is -0.579. The molecule has 3 aliphatic rings. The molecule has 1 N–H and O–H groups in total. The molecule has 1 saturated heterocycles. The molecule has 0 radical (unpaired) electrons. The molecule has 0 aromatic rings. The lowest BCUT2D eigenvalue weighted by Crippen LogP contribution is -2.49. The van der Waals surface area contributed by atoms with E-state index in [2.05, 4.69) is 13.8 Å². The van der Waals surface area contributed by atoms with Crippen LogP contribution in [0.25, 0.3) is 0 Å². The summed E-state index contributed by atoms with van der Waals surface area (Å²) in [4.78, 5) is 24.8. The first-order chi connectivity index (χ1) is 15.1. The van der Waals surface area contributed by atoms with Gasteiger partial charge in [-0.3, -0.25) is 9.59 Å². The molecule has 0 spiro atoms. The van der Waals surface area contributed by atoms with Gasteiger partial charge >= 0.3 is 11.9 Å². The number of hydrogen-bond acceptors (Lipinski definition) is 6. The van der Waals surface area contributed by atoms with Gasteiger partial charge in [-0.1, -0.05) is 27.2 Å². The topological polar surface area (TPSA) is 72.8 Å². The second-order valence-corrected chi connectivity index (χ2v) is 12.6. The van der Waals surface area contributed by atoms with Crippen LogP contribution in [0.1, 0.15) is 92.4 Å². The van der Waals surface area contributed by atoms with Gasteiger partial charge in [0.15, 0.2) is 0 Å². The van der Waals surface area contributed by atoms with Crippen molar-refractivity contribution in [2.75, 3.05) is 5.75 Å². The third-order valence-corrected chi connectivity index (χ3v) is 9.60. The predicted octanol–water partition coefficient (Wildman–Crippen LogP) is 5.38. The van der Waals surface area contributed by atoms with Crippen molar-refractivity contribution < 1.29 is 24.2 Å². The summed E-state index contributed by atoms with van der Waals surface area (Å²) in [6.45, 7) is 10.6. The summed E-state index contributed by atoms with van der Waals surface area (Å²) in [7, 11) is 0. The Bertz CT molecular complexity index is 650. The summed E-state index contributed by atoms with van der Waals surface area (Å²) in [5, 5.41) is 10.5. The molecule has 2 aliphatic carbocycles. The minimum absolute atomic E-state index is 0.0247. The van der Waals surface area contributed by atoms with Crippen LogP contribution in [-0.4, -0.2) is 46.4 Å². The summed E-state index contributed by atoms with van der Waals surface area (Å²) in [6, 6.07) is 0. The first-order valence-electron chi connectivity index (χ1n) is 12.8. The average molecular weight is 469 g/mol. The zero-order valence-corrected chi connectivity index (χ0v) is 21.5. The van der Waals surface area contributed by atoms with Crippen molar-refractivity contribution >= 4 is 23.7 Å². The smallest absolute Gasteiger partial charge is 0.311 e. The van der Waals surface area contributed by atoms with Crippen molar-refractivity contribution in [2.24, 2.45) is 29.1 Å². The molecule has 8 atom stereocenters. The number of aliphatic hydroxyl groups excluding tert-OH is 1. The highest BCUT2D eigenvalue weighted by atomic mass is 32.2. The maximum Gasteiger partial charge on any atom is 0.311 e. The fourth-order valence-corrected chi connectivity index (χ4v) is 7.33. The number of cyclic esters (lactones) is 1. The predicted molar refractivity (Wildman–Crippen MR) is 128 cm³/mol. The van der Waals surface area contributed by atoms with Crippen molar-refractivity contribution in [3.63, 3.8) is 0 Å². The summed E-state index contributed by atoms with van der Waals surface area (Å²) in [6.07, 6.45) is 6.98. The molecule has 3 fully saturated rings. The van der Waals surface area contributed by atoms with E-state index < -0.39 is 11.5 Å². The van der Waals surface area contributed by atoms with Crippen LogP contribution < -0.4 is 0 Å². The van der Waals surface area contributed by atoms with Crippen molar-refractivity contribution in [3.8, 4) is 0 Å². The Morgan fingerprint density at radius 2 is 1.94 bits per heavy atom. The van der Waals surface area contributed by atoms with Crippen LogP contribution >= 0.6 is 11.8 Å². The molecule has 0 bridgehead atoms. The Labute approximate surface area is 198 Å². The van der Waals surface area contributed by atoms with E-state index in [9.17, 15) is 14.7 Å². The Morgan fingerprint density at radius 3 is 2.59 bits per heavy atom. The number of carbonyl (C=O) groups is 2. The fourth-order valence-electron chi connectivity index (χ4n) is 6.15. The Hall–Kier alpha value is -0.750. The maximum atomic E-state index is 13.1. The molecular weight excluding hydrogens is 424 g/mol. The van der Waals surface area contributed by atoms with Gasteiger partial charge in [-0.15, -0.1) is 0 Å². The van der Waals surface area contributed by atoms with Gasteiger partial charge in [-0.05, 0) is 75.9 Å². The summed E-state index contributed by atoms with van der Waals surface area (Å²) >= 11 is 2.01. The van der Waals surface area contributed by atoms with Gasteiger partial charge in [0, 0.05) is 17.6 Å². The van der Waals surface area contributed by atoms with E-state index in [1.165, 1.54) is 19.3 Å². The van der Waals surface area contributed by atoms with Crippen molar-refractivity contribution in [1.29, 1.82) is 0 Å². The molecule has 5 nitrogen and oxygen atoms in total. The molecular formula is C26H44O5S. The van der Waals surface area contributed by atoms with Gasteiger partial charge in [0.1, 0.15) is 12.2 Å². The quantitative estimate of drug-likeness (QED) is 0.483. The number of fused-ring (bicyclic) bond motifs is 1. The number of rotatable bonds is 8. The van der Waals surface area contributed by atoms with Gasteiger partial charge in [-0.2, -0.15) is 11.8 Å². The Morgan fingerprint density at radius 1 is 1.19 bits per heavy atom. The highest BCUT2D eigenvalue weighted by Gasteiger charge is 2.48. The van der Waals surface area contributed by atoms with Crippen LogP contribution in [0, 0.1) is 29.1 Å². The largest absolute Gasteiger partial charge is 0.462 e. The van der Waals surface area contributed by atoms with E-state index >= 15 is 0 Å². The van der Waals surface area contributed by atoms with Gasteiger partial charge in [-0.25, -0.2) is 0 Å². The molecule has 0 amide bonds. The van der Waals surface area contributed by atoms with Gasteiger partial charge < -0.3 is 14.6 Å². The number of hydrogen-bond donors (Lipinski definition) is 1. The maximum absolute atomic E-state index is 13.1. The van der Waals surface area contributed by atoms with Crippen LogP contribution in [-0.2, 0) is 19.1 Å². The van der Waals surface area contributed by atoms with Crippen molar-refractivity contribution in [3.05, 3.63) is 0 Å². The van der Waals surface area contributed by atoms with E-state index in [-0.39, 0.29) is 30.6 Å². The standard InChI is InChI=1S/C26H44O5S/c1-6-26(4,5)25(29)31-22-15-20(32-7-2)12-17-9-8-16(3)21(24(17)22)11-10-19-13-18(27)14-23(28)30-19/h16-22,24,27H,6-15H2,1-5H3/t16-,17-,18+,19-,20-,21-,22-,24-/m0/s1. The first-order valence-corrected chi connectivity index (χ1v) is 13.9. The van der Waals surface area contributed by atoms with E-state index in [1.54, 1.807) is 0 Å². The molecule has 0 aromatic carbocycles. The molecule has 32 heavy (non-hydrogen) atoms. The summed E-state index contributed by atoms with van der Waals surface area (Å²) < 4.78 is 11.9. The molecule has 6 heteroatoms. The average Bonchev–Trinajstić information content (AvgIpc) is 2.72. The molecule has 184 valence electrons. The lowest BCUT2D eigenvalue weighted by Gasteiger charge is -2.50. The van der Waals surface area contributed by atoms with Crippen LogP contribution in [0.15, 0.2) is 0 Å². The van der Waals surface area contributed by atoms with Crippen molar-refractivity contribution in [1.82, 2.24) is 0 Å². The van der Waals surface area contributed by atoms with Gasteiger partial charge in [0.25, 0.3) is 0 Å². The second-order valence-electron chi connectivity index (χ2n) is 11.1. The minimum Gasteiger partial charge on any atom is -0.462 e. The van der Waals surface area contributed by atoms with E-state index in [0.717, 1.165) is 31.4 Å². The van der Waals surface area contributed by atoms with Crippen molar-refractivity contribution in [2.45, 2.75) is 116 Å². The lowest BCUT2D eigenvalue weighted by molar-refractivity contribution is -0.172. The molecule has 1 aliphatic heterocycles. The van der Waals surface area contributed by atoms with Crippen LogP contribution in [0.2, 0.25) is 0 Å². The third-order valence-electron chi connectivity index (χ3n) is 8.41. The number of esters is 2. The fraction of sp³-hybridized carbons (Fsp3) is 0.923. The first kappa shape index (κ1) is 25.9. The van der Waals surface area contributed by atoms with Crippen LogP contribution in [0.5, 0.6) is 0 Å². The highest BCUT2D eigenvalue weighted by Crippen LogP contribution is 2.51. The molecule has 3 rings (SSSR count). The summed E-state index contributed by atoms with van der Waals surface area (Å²) in [5.74, 6) is 2.75.